The molecule has 1 aliphatic carbocycles. The van der Waals surface area contributed by atoms with Crippen molar-refractivity contribution in [3.8, 4) is 11.1 Å². The average Bonchev–Trinajstić information content (AvgIpc) is 3.20. The highest BCUT2D eigenvalue weighted by Crippen LogP contribution is 2.44. The predicted octanol–water partition coefficient (Wildman–Crippen LogP) is 4.36. The molecule has 0 bridgehead atoms. The van der Waals surface area contributed by atoms with Gasteiger partial charge in [0, 0.05) is 31.3 Å². The number of carbonyl (C=O) groups is 3. The summed E-state index contributed by atoms with van der Waals surface area (Å²) in [6.45, 7) is 3.40. The lowest BCUT2D eigenvalue weighted by Gasteiger charge is -2.39. The highest BCUT2D eigenvalue weighted by atomic mass is 32.2. The van der Waals surface area contributed by atoms with Gasteiger partial charge in [0.1, 0.15) is 6.61 Å². The van der Waals surface area contributed by atoms with E-state index in [1.54, 1.807) is 4.90 Å². The number of fused-ring (bicyclic) bond motifs is 3. The maximum Gasteiger partial charge on any atom is 0.407 e. The van der Waals surface area contributed by atoms with Crippen molar-refractivity contribution in [2.24, 2.45) is 5.41 Å². The smallest absolute Gasteiger partial charge is 0.407 e. The lowest BCUT2D eigenvalue weighted by atomic mass is 9.77. The summed E-state index contributed by atoms with van der Waals surface area (Å²) in [7, 11) is 0. The van der Waals surface area contributed by atoms with Crippen LogP contribution >= 0.6 is 11.8 Å². The molecule has 0 spiro atoms. The van der Waals surface area contributed by atoms with Crippen LogP contribution in [0.25, 0.3) is 11.1 Å². The van der Waals surface area contributed by atoms with E-state index in [0.717, 1.165) is 0 Å². The second kappa shape index (κ2) is 11.2. The fourth-order valence-electron chi connectivity index (χ4n) is 5.08. The van der Waals surface area contributed by atoms with E-state index in [0.29, 0.717) is 38.1 Å². The molecule has 1 heterocycles. The van der Waals surface area contributed by atoms with Gasteiger partial charge in [-0.25, -0.2) is 4.79 Å². The Kier molecular flexibility index (Phi) is 8.00. The molecule has 2 amide bonds. The van der Waals surface area contributed by atoms with Crippen LogP contribution in [0.4, 0.5) is 4.79 Å². The van der Waals surface area contributed by atoms with E-state index in [1.165, 1.54) is 34.0 Å². The summed E-state index contributed by atoms with van der Waals surface area (Å²) < 4.78 is 5.53. The van der Waals surface area contributed by atoms with Crippen molar-refractivity contribution >= 4 is 29.7 Å². The molecule has 2 aliphatic rings. The molecule has 8 heteroatoms. The van der Waals surface area contributed by atoms with Gasteiger partial charge in [-0.3, -0.25) is 9.59 Å². The molecule has 7 nitrogen and oxygen atoms in total. The zero-order valence-electron chi connectivity index (χ0n) is 20.0. The molecule has 2 N–H and O–H groups in total. The average molecular weight is 497 g/mol. The number of amides is 2. The number of thioether (sulfide) groups is 1. The summed E-state index contributed by atoms with van der Waals surface area (Å²) in [5.41, 5.74) is 3.88. The Morgan fingerprint density at radius 2 is 1.77 bits per heavy atom. The van der Waals surface area contributed by atoms with Gasteiger partial charge in [-0.2, -0.15) is 11.8 Å². The number of hydrogen-bond acceptors (Lipinski definition) is 5. The van der Waals surface area contributed by atoms with E-state index < -0.39 is 17.5 Å². The number of rotatable bonds is 9. The first-order valence-corrected chi connectivity index (χ1v) is 13.3. The molecule has 0 aromatic heterocycles. The number of carbonyl (C=O) groups excluding carboxylic acids is 2. The fraction of sp³-hybridized carbons (Fsp3) is 0.444. The summed E-state index contributed by atoms with van der Waals surface area (Å²) in [6.07, 6.45) is 1.37. The van der Waals surface area contributed by atoms with Gasteiger partial charge >= 0.3 is 12.1 Å². The third-order valence-corrected chi connectivity index (χ3v) is 8.09. The Hall–Kier alpha value is -3.00. The molecule has 35 heavy (non-hydrogen) atoms. The van der Waals surface area contributed by atoms with Crippen molar-refractivity contribution in [3.05, 3.63) is 59.7 Å². The summed E-state index contributed by atoms with van der Waals surface area (Å²) in [6, 6.07) is 16.4. The molecule has 1 unspecified atom stereocenters. The largest absolute Gasteiger partial charge is 0.481 e. The van der Waals surface area contributed by atoms with Gasteiger partial charge < -0.3 is 20.1 Å². The molecule has 186 valence electrons. The number of piperidine rings is 1. The molecule has 1 fully saturated rings. The Morgan fingerprint density at radius 1 is 1.11 bits per heavy atom. The van der Waals surface area contributed by atoms with E-state index in [9.17, 15) is 19.5 Å². The first kappa shape index (κ1) is 25.1. The van der Waals surface area contributed by atoms with Gasteiger partial charge in [0.15, 0.2) is 0 Å². The summed E-state index contributed by atoms with van der Waals surface area (Å²) in [5.74, 6) is -0.00830. The van der Waals surface area contributed by atoms with E-state index in [1.807, 2.05) is 31.2 Å². The Labute approximate surface area is 210 Å². The highest BCUT2D eigenvalue weighted by Gasteiger charge is 2.42. The quantitative estimate of drug-likeness (QED) is 0.501. The molecule has 1 atom stereocenters. The van der Waals surface area contributed by atoms with E-state index in [2.05, 4.69) is 29.6 Å². The van der Waals surface area contributed by atoms with Crippen molar-refractivity contribution in [2.75, 3.05) is 37.7 Å². The van der Waals surface area contributed by atoms with Crippen LogP contribution in [-0.4, -0.2) is 65.7 Å². The van der Waals surface area contributed by atoms with Crippen LogP contribution in [0, 0.1) is 5.41 Å². The third-order valence-electron chi connectivity index (χ3n) is 7.14. The third kappa shape index (κ3) is 5.48. The SMILES string of the molecule is CCC1(C(=O)O)CCCN(C(=O)CSCCNC(=O)OCC2c3ccccc3-c3ccccc32)C1. The Bertz CT molecular complexity index is 1050. The van der Waals surface area contributed by atoms with Gasteiger partial charge in [0.2, 0.25) is 5.91 Å². The highest BCUT2D eigenvalue weighted by molar-refractivity contribution is 7.99. The van der Waals surface area contributed by atoms with Crippen molar-refractivity contribution in [1.82, 2.24) is 10.2 Å². The van der Waals surface area contributed by atoms with Crippen LogP contribution in [0.3, 0.4) is 0 Å². The molecule has 2 aromatic rings. The molecule has 1 saturated heterocycles. The number of nitrogens with zero attached hydrogens (tertiary/aromatic N) is 1. The minimum Gasteiger partial charge on any atom is -0.481 e. The van der Waals surface area contributed by atoms with Crippen LogP contribution in [0.1, 0.15) is 43.2 Å². The number of aliphatic carboxylic acids is 1. The maximum absolute atomic E-state index is 12.6. The number of hydrogen-bond donors (Lipinski definition) is 2. The van der Waals surface area contributed by atoms with E-state index in [-0.39, 0.29) is 30.7 Å². The molecule has 1 aliphatic heterocycles. The monoisotopic (exact) mass is 496 g/mol. The number of carboxylic acid groups (broad SMARTS) is 1. The Morgan fingerprint density at radius 3 is 2.40 bits per heavy atom. The van der Waals surface area contributed by atoms with Crippen molar-refractivity contribution in [1.29, 1.82) is 0 Å². The van der Waals surface area contributed by atoms with Crippen molar-refractivity contribution in [2.45, 2.75) is 32.1 Å². The topological polar surface area (TPSA) is 95.9 Å². The predicted molar refractivity (Wildman–Crippen MR) is 137 cm³/mol. The van der Waals surface area contributed by atoms with Crippen molar-refractivity contribution < 1.29 is 24.2 Å². The number of ether oxygens (including phenoxy) is 1. The number of nitrogens with one attached hydrogen (secondary N) is 1. The van der Waals surface area contributed by atoms with Gasteiger partial charge in [-0.15, -0.1) is 0 Å². The molecule has 0 saturated carbocycles. The van der Waals surface area contributed by atoms with Gasteiger partial charge in [-0.1, -0.05) is 55.5 Å². The van der Waals surface area contributed by atoms with Crippen LogP contribution in [0.15, 0.2) is 48.5 Å². The van der Waals surface area contributed by atoms with Crippen LogP contribution in [-0.2, 0) is 14.3 Å². The van der Waals surface area contributed by atoms with Gasteiger partial charge in [0.05, 0.1) is 11.2 Å². The van der Waals surface area contributed by atoms with Gasteiger partial charge in [0.25, 0.3) is 0 Å². The normalized spacial score (nSPS) is 19.1. The maximum atomic E-state index is 12.6. The summed E-state index contributed by atoms with van der Waals surface area (Å²) >= 11 is 1.43. The van der Waals surface area contributed by atoms with E-state index in [4.69, 9.17) is 4.74 Å². The fourth-order valence-corrected chi connectivity index (χ4v) is 5.83. The molecule has 2 aromatic carbocycles. The number of carboxylic acids is 1. The molecule has 4 rings (SSSR count). The van der Waals surface area contributed by atoms with Crippen LogP contribution < -0.4 is 5.32 Å². The molecular weight excluding hydrogens is 464 g/mol. The number of likely N-dealkylation sites (tertiary alicyclic amines) is 1. The van der Waals surface area contributed by atoms with Crippen molar-refractivity contribution in [3.63, 3.8) is 0 Å². The van der Waals surface area contributed by atoms with Crippen LogP contribution in [0.5, 0.6) is 0 Å². The lowest BCUT2D eigenvalue weighted by molar-refractivity contribution is -0.154. The standard InChI is InChI=1S/C27H32N2O5S/c1-2-27(25(31)32)12-7-14-29(18-27)24(30)17-35-15-13-28-26(33)34-16-23-21-10-5-3-8-19(21)20-9-4-6-11-22(20)23/h3-6,8-11,23H,2,7,12-18H2,1H3,(H,28,33)(H,31,32). The lowest BCUT2D eigenvalue weighted by Crippen LogP contribution is -2.50. The summed E-state index contributed by atoms with van der Waals surface area (Å²) in [5, 5.41) is 12.4. The zero-order chi connectivity index (χ0) is 24.8. The molecule has 0 radical (unpaired) electrons. The second-order valence-corrected chi connectivity index (χ2v) is 10.3. The second-order valence-electron chi connectivity index (χ2n) is 9.16. The summed E-state index contributed by atoms with van der Waals surface area (Å²) in [4.78, 5) is 38.2. The van der Waals surface area contributed by atoms with Crippen LogP contribution in [0.2, 0.25) is 0 Å². The zero-order valence-corrected chi connectivity index (χ0v) is 20.8. The first-order valence-electron chi connectivity index (χ1n) is 12.1. The van der Waals surface area contributed by atoms with Gasteiger partial charge in [-0.05, 0) is 41.5 Å². The number of benzene rings is 2. The first-order chi connectivity index (χ1) is 16.9. The van der Waals surface area contributed by atoms with E-state index >= 15 is 0 Å². The Balaban J connectivity index is 1.18. The minimum atomic E-state index is -0.829. The molecular formula is C27H32N2O5S. The number of alkyl carbamates (subject to hydrolysis) is 1. The minimum absolute atomic E-state index is 0.0192.